The van der Waals surface area contributed by atoms with Crippen LogP contribution >= 0.6 is 0 Å². The molecule has 42 heavy (non-hydrogen) atoms. The van der Waals surface area contributed by atoms with Crippen LogP contribution in [0.15, 0.2) is 48.8 Å². The summed E-state index contributed by atoms with van der Waals surface area (Å²) in [6.07, 6.45) is 1.15. The van der Waals surface area contributed by atoms with Gasteiger partial charge in [-0.15, -0.1) is 0 Å². The molecular weight excluding hydrogens is 545 g/mol. The predicted molar refractivity (Wildman–Crippen MR) is 159 cm³/mol. The number of nitrogens with one attached hydrogen (secondary N) is 1. The minimum absolute atomic E-state index is 0.0770. The summed E-state index contributed by atoms with van der Waals surface area (Å²) in [6, 6.07) is 8.64. The normalized spacial score (nSPS) is 16.5. The highest BCUT2D eigenvalue weighted by Crippen LogP contribution is 2.36. The van der Waals surface area contributed by atoms with Crippen LogP contribution in [0.4, 0.5) is 30.2 Å². The summed E-state index contributed by atoms with van der Waals surface area (Å²) in [5, 5.41) is 8.18. The van der Waals surface area contributed by atoms with Gasteiger partial charge in [-0.25, -0.2) is 5.84 Å². The highest BCUT2D eigenvalue weighted by atomic mass is 19.4. The van der Waals surface area contributed by atoms with Crippen LogP contribution in [0.3, 0.4) is 0 Å². The predicted octanol–water partition coefficient (Wildman–Crippen LogP) is 4.48. The topological polar surface area (TPSA) is 109 Å². The largest absolute Gasteiger partial charge is 0.416 e. The maximum absolute atomic E-state index is 13.8. The zero-order valence-corrected chi connectivity index (χ0v) is 24.1. The number of hydrogen-bond acceptors (Lipinski definition) is 7. The van der Waals surface area contributed by atoms with Crippen molar-refractivity contribution in [1.82, 2.24) is 14.7 Å². The fourth-order valence-corrected chi connectivity index (χ4v) is 5.19. The van der Waals surface area contributed by atoms with Gasteiger partial charge in [0.1, 0.15) is 0 Å². The zero-order valence-electron chi connectivity index (χ0n) is 24.1. The Morgan fingerprint density at radius 1 is 1.12 bits per heavy atom. The van der Waals surface area contributed by atoms with Crippen molar-refractivity contribution in [2.24, 2.45) is 24.5 Å². The standard InChI is InChI=1S/C30H37F3N8O/c1-19-4-7-22(12-28(19)41(35)18-27(34)26-16-36-38(3)20(26)2)29(42)37-24-13-23(30(31,32)33)14-25(15-24)40-10-8-39(9-11-40)17-21-5-6-21/h4,7,12-16,18,21H,5-6,8-11,17,34-35H2,1-3H3,(H,37,42)/b27-18-. The van der Waals surface area contributed by atoms with Crippen molar-refractivity contribution in [1.29, 1.82) is 0 Å². The van der Waals surface area contributed by atoms with Crippen molar-refractivity contribution in [3.8, 4) is 0 Å². The number of hydrogen-bond donors (Lipinski definition) is 3. The molecule has 1 amide bonds. The van der Waals surface area contributed by atoms with Crippen molar-refractivity contribution >= 4 is 28.7 Å². The van der Waals surface area contributed by atoms with Gasteiger partial charge in [0.05, 0.1) is 23.1 Å². The molecule has 0 atom stereocenters. The first-order chi connectivity index (χ1) is 19.9. The number of carbonyl (C=O) groups excluding carboxylic acids is 1. The van der Waals surface area contributed by atoms with Crippen molar-refractivity contribution in [2.45, 2.75) is 32.9 Å². The molecule has 2 aliphatic rings. The van der Waals surface area contributed by atoms with Gasteiger partial charge in [0.25, 0.3) is 5.91 Å². The smallest absolute Gasteiger partial charge is 0.397 e. The average molecular weight is 583 g/mol. The number of aryl methyl sites for hydroxylation is 2. The Morgan fingerprint density at radius 3 is 2.45 bits per heavy atom. The SMILES string of the molecule is Cc1ccc(C(=O)Nc2cc(N3CCN(CC4CC4)CC3)cc(C(F)(F)F)c2)cc1N(N)/C=C(\N)c1cnn(C)c1C. The highest BCUT2D eigenvalue weighted by Gasteiger charge is 2.33. The molecule has 0 unspecified atom stereocenters. The quantitative estimate of drug-likeness (QED) is 0.266. The first-order valence-corrected chi connectivity index (χ1v) is 14.0. The molecule has 12 heteroatoms. The van der Waals surface area contributed by atoms with E-state index in [9.17, 15) is 18.0 Å². The van der Waals surface area contributed by atoms with E-state index in [1.165, 1.54) is 24.1 Å². The third-order valence-corrected chi connectivity index (χ3v) is 8.03. The Bertz CT molecular complexity index is 1490. The highest BCUT2D eigenvalue weighted by molar-refractivity contribution is 6.05. The molecule has 2 fully saturated rings. The third-order valence-electron chi connectivity index (χ3n) is 8.03. The van der Waals surface area contributed by atoms with Crippen LogP contribution in [0.1, 0.15) is 45.6 Å². The number of aromatic nitrogens is 2. The Hall–Kier alpha value is -4.03. The molecule has 9 nitrogen and oxygen atoms in total. The number of nitrogens with two attached hydrogens (primary N) is 2. The van der Waals surface area contributed by atoms with Gasteiger partial charge in [0, 0.05) is 74.2 Å². The van der Waals surface area contributed by atoms with Gasteiger partial charge in [0.2, 0.25) is 0 Å². The van der Waals surface area contributed by atoms with E-state index in [1.807, 2.05) is 25.8 Å². The molecule has 1 aliphatic heterocycles. The van der Waals surface area contributed by atoms with E-state index in [1.54, 1.807) is 35.1 Å². The number of amides is 1. The van der Waals surface area contributed by atoms with Gasteiger partial charge in [0.15, 0.2) is 0 Å². The van der Waals surface area contributed by atoms with Crippen molar-refractivity contribution in [3.05, 3.63) is 76.7 Å². The van der Waals surface area contributed by atoms with E-state index < -0.39 is 17.6 Å². The van der Waals surface area contributed by atoms with E-state index in [-0.39, 0.29) is 11.3 Å². The zero-order chi connectivity index (χ0) is 30.2. The van der Waals surface area contributed by atoms with Crippen molar-refractivity contribution in [2.75, 3.05) is 47.9 Å². The Balaban J connectivity index is 1.34. The fraction of sp³-hybridized carbons (Fsp3) is 0.400. The minimum atomic E-state index is -4.56. The second-order valence-corrected chi connectivity index (χ2v) is 11.2. The van der Waals surface area contributed by atoms with Gasteiger partial charge in [-0.2, -0.15) is 18.3 Å². The molecule has 2 aromatic carbocycles. The lowest BCUT2D eigenvalue weighted by atomic mass is 10.1. The number of nitrogens with zero attached hydrogens (tertiary/aromatic N) is 5. The maximum atomic E-state index is 13.8. The van der Waals surface area contributed by atoms with E-state index in [2.05, 4.69) is 15.3 Å². The molecular formula is C30H37F3N8O. The minimum Gasteiger partial charge on any atom is -0.397 e. The summed E-state index contributed by atoms with van der Waals surface area (Å²) in [7, 11) is 1.81. The summed E-state index contributed by atoms with van der Waals surface area (Å²) < 4.78 is 43.2. The molecule has 2 heterocycles. The monoisotopic (exact) mass is 582 g/mol. The fourth-order valence-electron chi connectivity index (χ4n) is 5.19. The summed E-state index contributed by atoms with van der Waals surface area (Å²) in [5.41, 5.74) is 9.49. The van der Waals surface area contributed by atoms with Crippen molar-refractivity contribution < 1.29 is 18.0 Å². The second kappa shape index (κ2) is 11.7. The van der Waals surface area contributed by atoms with Crippen molar-refractivity contribution in [3.63, 3.8) is 0 Å². The third kappa shape index (κ3) is 6.71. The molecule has 1 saturated carbocycles. The van der Waals surface area contributed by atoms with Crippen LogP contribution in [0.25, 0.3) is 5.70 Å². The van der Waals surface area contributed by atoms with Gasteiger partial charge in [-0.3, -0.25) is 19.4 Å². The molecule has 0 spiro atoms. The van der Waals surface area contributed by atoms with E-state index in [0.717, 1.165) is 54.5 Å². The maximum Gasteiger partial charge on any atom is 0.416 e. The number of hydrazine groups is 1. The Morgan fingerprint density at radius 2 is 1.83 bits per heavy atom. The molecule has 1 aliphatic carbocycles. The lowest BCUT2D eigenvalue weighted by Gasteiger charge is -2.36. The average Bonchev–Trinajstić information content (AvgIpc) is 3.70. The molecule has 1 saturated heterocycles. The Labute approximate surface area is 243 Å². The number of piperazine rings is 1. The van der Waals surface area contributed by atoms with Crippen LogP contribution in [-0.4, -0.2) is 53.3 Å². The molecule has 0 bridgehead atoms. The lowest BCUT2D eigenvalue weighted by molar-refractivity contribution is -0.137. The summed E-state index contributed by atoms with van der Waals surface area (Å²) in [5.74, 6) is 6.52. The van der Waals surface area contributed by atoms with Gasteiger partial charge < -0.3 is 16.0 Å². The molecule has 224 valence electrons. The lowest BCUT2D eigenvalue weighted by Crippen LogP contribution is -2.47. The van der Waals surface area contributed by atoms with E-state index in [4.69, 9.17) is 11.6 Å². The summed E-state index contributed by atoms with van der Waals surface area (Å²) in [4.78, 5) is 17.6. The van der Waals surface area contributed by atoms with Gasteiger partial charge in [-0.1, -0.05) is 6.07 Å². The van der Waals surface area contributed by atoms with Gasteiger partial charge in [-0.05, 0) is 68.5 Å². The molecule has 1 aromatic heterocycles. The van der Waals surface area contributed by atoms with Gasteiger partial charge >= 0.3 is 6.18 Å². The van der Waals surface area contributed by atoms with E-state index in [0.29, 0.717) is 30.2 Å². The number of benzene rings is 2. The Kier molecular flexibility index (Phi) is 8.20. The number of halogens is 3. The van der Waals surface area contributed by atoms with Crippen LogP contribution in [0.5, 0.6) is 0 Å². The summed E-state index contributed by atoms with van der Waals surface area (Å²) >= 11 is 0. The first kappa shape index (κ1) is 29.5. The van der Waals surface area contributed by atoms with Crippen LogP contribution < -0.4 is 26.8 Å². The van der Waals surface area contributed by atoms with Crippen LogP contribution in [0, 0.1) is 19.8 Å². The number of carbonyl (C=O) groups is 1. The number of rotatable bonds is 8. The summed E-state index contributed by atoms with van der Waals surface area (Å²) in [6.45, 7) is 7.63. The molecule has 0 radical (unpaired) electrons. The number of alkyl halides is 3. The molecule has 5 N–H and O–H groups in total. The molecule has 3 aromatic rings. The van der Waals surface area contributed by atoms with Crippen LogP contribution in [-0.2, 0) is 13.2 Å². The number of anilines is 3. The second-order valence-electron chi connectivity index (χ2n) is 11.2. The molecule has 5 rings (SSSR count). The first-order valence-electron chi connectivity index (χ1n) is 14.0. The van der Waals surface area contributed by atoms with Crippen LogP contribution in [0.2, 0.25) is 0 Å². The van der Waals surface area contributed by atoms with E-state index >= 15 is 0 Å².